The van der Waals surface area contributed by atoms with Gasteiger partial charge in [-0.25, -0.2) is 10.8 Å². The van der Waals surface area contributed by atoms with Crippen molar-refractivity contribution in [1.29, 1.82) is 0 Å². The molecule has 0 spiro atoms. The molecule has 0 aliphatic heterocycles. The Balaban J connectivity index is 2.64. The van der Waals surface area contributed by atoms with Crippen LogP contribution in [0.25, 0.3) is 0 Å². The van der Waals surface area contributed by atoms with Gasteiger partial charge in [-0.1, -0.05) is 11.6 Å². The van der Waals surface area contributed by atoms with Crippen LogP contribution in [-0.2, 0) is 4.74 Å². The van der Waals surface area contributed by atoms with E-state index >= 15 is 0 Å². The predicted octanol–water partition coefficient (Wildman–Crippen LogP) is 0.474. The summed E-state index contributed by atoms with van der Waals surface area (Å²) < 4.78 is 4.87. The summed E-state index contributed by atoms with van der Waals surface area (Å²) in [6.45, 7) is 1.20. The van der Waals surface area contributed by atoms with Gasteiger partial charge in [-0.05, 0) is 0 Å². The molecule has 0 atom stereocenters. The SMILES string of the molecule is COCCNc1nc(NN)ncc1Cl. The Bertz CT molecular complexity index is 295. The first kappa shape index (κ1) is 11.0. The van der Waals surface area contributed by atoms with Crippen LogP contribution in [0, 0.1) is 0 Å². The van der Waals surface area contributed by atoms with Crippen molar-refractivity contribution in [3.05, 3.63) is 11.2 Å². The first-order valence-electron chi connectivity index (χ1n) is 4.00. The van der Waals surface area contributed by atoms with Crippen molar-refractivity contribution < 1.29 is 4.74 Å². The number of nitrogens with one attached hydrogen (secondary N) is 2. The molecular weight excluding hydrogens is 206 g/mol. The van der Waals surface area contributed by atoms with E-state index in [2.05, 4.69) is 20.7 Å². The van der Waals surface area contributed by atoms with E-state index in [1.54, 1.807) is 7.11 Å². The molecule has 0 saturated carbocycles. The van der Waals surface area contributed by atoms with E-state index in [1.807, 2.05) is 0 Å². The van der Waals surface area contributed by atoms with E-state index in [9.17, 15) is 0 Å². The zero-order valence-electron chi connectivity index (χ0n) is 7.75. The number of halogens is 1. The van der Waals surface area contributed by atoms with Crippen LogP contribution >= 0.6 is 11.6 Å². The molecule has 0 radical (unpaired) electrons. The van der Waals surface area contributed by atoms with E-state index in [4.69, 9.17) is 22.2 Å². The Kier molecular flexibility index (Phi) is 4.37. The van der Waals surface area contributed by atoms with Gasteiger partial charge in [-0.15, -0.1) is 0 Å². The van der Waals surface area contributed by atoms with Crippen molar-refractivity contribution in [2.45, 2.75) is 0 Å². The van der Waals surface area contributed by atoms with Crippen LogP contribution in [0.4, 0.5) is 11.8 Å². The van der Waals surface area contributed by atoms with Gasteiger partial charge in [0.1, 0.15) is 5.02 Å². The van der Waals surface area contributed by atoms with Gasteiger partial charge in [0.05, 0.1) is 12.8 Å². The first-order valence-corrected chi connectivity index (χ1v) is 4.37. The largest absolute Gasteiger partial charge is 0.383 e. The van der Waals surface area contributed by atoms with E-state index < -0.39 is 0 Å². The fourth-order valence-corrected chi connectivity index (χ4v) is 0.990. The van der Waals surface area contributed by atoms with E-state index in [0.29, 0.717) is 29.9 Å². The predicted molar refractivity (Wildman–Crippen MR) is 55.2 cm³/mol. The summed E-state index contributed by atoms with van der Waals surface area (Å²) in [7, 11) is 1.62. The number of hydrogen-bond acceptors (Lipinski definition) is 6. The quantitative estimate of drug-likeness (QED) is 0.378. The zero-order chi connectivity index (χ0) is 10.4. The number of nitrogen functional groups attached to an aromatic ring is 1. The minimum atomic E-state index is 0.314. The minimum absolute atomic E-state index is 0.314. The number of methoxy groups -OCH3 is 1. The number of hydrazine groups is 1. The molecule has 0 aliphatic carbocycles. The van der Waals surface area contributed by atoms with E-state index in [-0.39, 0.29) is 0 Å². The van der Waals surface area contributed by atoms with Crippen molar-refractivity contribution in [3.63, 3.8) is 0 Å². The number of nitrogens with zero attached hydrogens (tertiary/aromatic N) is 2. The number of rotatable bonds is 5. The summed E-state index contributed by atoms with van der Waals surface area (Å²) in [6, 6.07) is 0. The van der Waals surface area contributed by atoms with Crippen molar-refractivity contribution in [2.24, 2.45) is 5.84 Å². The second-order valence-corrected chi connectivity index (χ2v) is 2.86. The molecule has 4 N–H and O–H groups in total. The minimum Gasteiger partial charge on any atom is -0.383 e. The highest BCUT2D eigenvalue weighted by Gasteiger charge is 2.03. The molecule has 1 aromatic rings. The van der Waals surface area contributed by atoms with E-state index in [1.165, 1.54) is 6.20 Å². The van der Waals surface area contributed by atoms with Gasteiger partial charge >= 0.3 is 0 Å². The zero-order valence-corrected chi connectivity index (χ0v) is 8.51. The fourth-order valence-electron chi connectivity index (χ4n) is 0.832. The summed E-state index contributed by atoms with van der Waals surface area (Å²) in [6.07, 6.45) is 1.47. The molecular formula is C7H12ClN5O. The maximum absolute atomic E-state index is 5.84. The summed E-state index contributed by atoms with van der Waals surface area (Å²) >= 11 is 5.84. The second-order valence-electron chi connectivity index (χ2n) is 2.45. The number of ether oxygens (including phenoxy) is 1. The Morgan fingerprint density at radius 3 is 3.07 bits per heavy atom. The molecule has 6 nitrogen and oxygen atoms in total. The van der Waals surface area contributed by atoms with Crippen LogP contribution in [0.1, 0.15) is 0 Å². The Hall–Kier alpha value is -1.11. The lowest BCUT2D eigenvalue weighted by atomic mass is 10.5. The van der Waals surface area contributed by atoms with Crippen LogP contribution < -0.4 is 16.6 Å². The standard InChI is InChI=1S/C7H12ClN5O/c1-14-3-2-10-6-5(8)4-11-7(12-6)13-9/h4H,2-3,9H2,1H3,(H2,10,11,12,13). The molecule has 0 saturated heterocycles. The molecule has 0 bridgehead atoms. The van der Waals surface area contributed by atoms with Gasteiger partial charge in [0.15, 0.2) is 5.82 Å². The first-order chi connectivity index (χ1) is 6.77. The molecule has 7 heteroatoms. The van der Waals surface area contributed by atoms with Crippen LogP contribution in [0.2, 0.25) is 5.02 Å². The lowest BCUT2D eigenvalue weighted by Gasteiger charge is -2.07. The Morgan fingerprint density at radius 1 is 1.64 bits per heavy atom. The molecule has 1 rings (SSSR count). The number of nitrogens with two attached hydrogens (primary N) is 1. The van der Waals surface area contributed by atoms with Gasteiger partial charge in [0.2, 0.25) is 5.95 Å². The van der Waals surface area contributed by atoms with E-state index in [0.717, 1.165) is 0 Å². The third-order valence-electron chi connectivity index (χ3n) is 1.47. The normalized spacial score (nSPS) is 9.93. The second kappa shape index (κ2) is 5.58. The van der Waals surface area contributed by atoms with Crippen molar-refractivity contribution in [2.75, 3.05) is 31.0 Å². The summed E-state index contributed by atoms with van der Waals surface area (Å²) in [5.74, 6) is 6.00. The highest BCUT2D eigenvalue weighted by molar-refractivity contribution is 6.32. The van der Waals surface area contributed by atoms with Crippen LogP contribution in [0.15, 0.2) is 6.20 Å². The molecule has 0 aromatic carbocycles. The molecule has 0 amide bonds. The smallest absolute Gasteiger partial charge is 0.239 e. The molecule has 78 valence electrons. The van der Waals surface area contributed by atoms with Crippen LogP contribution in [-0.4, -0.2) is 30.2 Å². The topological polar surface area (TPSA) is 85.1 Å². The monoisotopic (exact) mass is 217 g/mol. The van der Waals surface area contributed by atoms with Crippen LogP contribution in [0.3, 0.4) is 0 Å². The van der Waals surface area contributed by atoms with Gasteiger partial charge in [0, 0.05) is 13.7 Å². The summed E-state index contributed by atoms with van der Waals surface area (Å²) in [4.78, 5) is 7.85. The summed E-state index contributed by atoms with van der Waals surface area (Å²) in [5.41, 5.74) is 2.33. The molecule has 14 heavy (non-hydrogen) atoms. The van der Waals surface area contributed by atoms with Gasteiger partial charge in [0.25, 0.3) is 0 Å². The van der Waals surface area contributed by atoms with Gasteiger partial charge in [-0.2, -0.15) is 4.98 Å². The maximum atomic E-state index is 5.84. The number of anilines is 2. The van der Waals surface area contributed by atoms with Crippen molar-refractivity contribution >= 4 is 23.4 Å². The fraction of sp³-hybridized carbons (Fsp3) is 0.429. The molecule has 1 heterocycles. The number of hydrogen-bond donors (Lipinski definition) is 3. The number of aromatic nitrogens is 2. The Morgan fingerprint density at radius 2 is 2.43 bits per heavy atom. The maximum Gasteiger partial charge on any atom is 0.239 e. The summed E-state index contributed by atoms with van der Waals surface area (Å²) in [5, 5.41) is 3.43. The van der Waals surface area contributed by atoms with Crippen LogP contribution in [0.5, 0.6) is 0 Å². The van der Waals surface area contributed by atoms with Gasteiger partial charge in [-0.3, -0.25) is 5.43 Å². The highest BCUT2D eigenvalue weighted by Crippen LogP contribution is 2.18. The molecule has 0 unspecified atom stereocenters. The lowest BCUT2D eigenvalue weighted by molar-refractivity contribution is 0.210. The van der Waals surface area contributed by atoms with Crippen molar-refractivity contribution in [3.8, 4) is 0 Å². The third-order valence-corrected chi connectivity index (χ3v) is 1.75. The average molecular weight is 218 g/mol. The molecule has 0 aliphatic rings. The lowest BCUT2D eigenvalue weighted by Crippen LogP contribution is -2.13. The van der Waals surface area contributed by atoms with Gasteiger partial charge < -0.3 is 10.1 Å². The average Bonchev–Trinajstić information content (AvgIpc) is 2.21. The molecule has 1 aromatic heterocycles. The Labute approximate surface area is 86.8 Å². The van der Waals surface area contributed by atoms with Crippen molar-refractivity contribution in [1.82, 2.24) is 9.97 Å². The molecule has 0 fully saturated rings. The highest BCUT2D eigenvalue weighted by atomic mass is 35.5. The third kappa shape index (κ3) is 2.99.